The van der Waals surface area contributed by atoms with Crippen molar-refractivity contribution in [3.05, 3.63) is 29.8 Å². The molecular formula is C18H27ClF2N2O2. The van der Waals surface area contributed by atoms with Crippen LogP contribution in [0.1, 0.15) is 31.2 Å². The van der Waals surface area contributed by atoms with E-state index < -0.39 is 6.61 Å². The highest BCUT2D eigenvalue weighted by molar-refractivity contribution is 5.85. The van der Waals surface area contributed by atoms with Gasteiger partial charge in [-0.3, -0.25) is 4.79 Å². The molecule has 1 fully saturated rings. The smallest absolute Gasteiger partial charge is 0.387 e. The summed E-state index contributed by atoms with van der Waals surface area (Å²) in [5.74, 6) is 1.03. The highest BCUT2D eigenvalue weighted by Gasteiger charge is 2.22. The topological polar surface area (TPSA) is 41.6 Å². The van der Waals surface area contributed by atoms with E-state index in [4.69, 9.17) is 0 Å². The van der Waals surface area contributed by atoms with Crippen molar-refractivity contribution in [3.63, 3.8) is 0 Å². The number of nitrogens with zero attached hydrogens (tertiary/aromatic N) is 1. The van der Waals surface area contributed by atoms with Crippen molar-refractivity contribution in [1.82, 2.24) is 10.2 Å². The third-order valence-corrected chi connectivity index (χ3v) is 4.55. The zero-order valence-corrected chi connectivity index (χ0v) is 15.4. The maximum atomic E-state index is 12.3. The van der Waals surface area contributed by atoms with Crippen molar-refractivity contribution in [3.8, 4) is 5.75 Å². The van der Waals surface area contributed by atoms with Crippen molar-refractivity contribution < 1.29 is 18.3 Å². The second kappa shape index (κ2) is 11.3. The monoisotopic (exact) mass is 376 g/mol. The number of alkyl halides is 2. The Morgan fingerprint density at radius 1 is 1.28 bits per heavy atom. The first-order chi connectivity index (χ1) is 11.6. The summed E-state index contributed by atoms with van der Waals surface area (Å²) >= 11 is 0. The molecule has 1 aromatic rings. The molecule has 0 unspecified atom stereocenters. The van der Waals surface area contributed by atoms with Gasteiger partial charge in [0.2, 0.25) is 5.91 Å². The Kier molecular flexibility index (Phi) is 9.75. The minimum Gasteiger partial charge on any atom is -0.435 e. The van der Waals surface area contributed by atoms with Crippen LogP contribution in [-0.4, -0.2) is 44.1 Å². The second-order valence-corrected chi connectivity index (χ2v) is 6.24. The Bertz CT molecular complexity index is 506. The van der Waals surface area contributed by atoms with Gasteiger partial charge in [0.05, 0.1) is 0 Å². The standard InChI is InChI=1S/C18H26F2N2O2.ClH/c1-21-11-8-15-9-12-22(13-10-15)17(23)7-4-14-2-5-16(6-3-14)24-18(19)20;/h2-3,5-6,15,18,21H,4,7-13H2,1H3;1H. The molecule has 1 saturated heterocycles. The molecule has 1 N–H and O–H groups in total. The maximum absolute atomic E-state index is 12.3. The molecule has 0 bridgehead atoms. The van der Waals surface area contributed by atoms with Crippen LogP contribution < -0.4 is 10.1 Å². The van der Waals surface area contributed by atoms with Crippen LogP contribution in [0, 0.1) is 5.92 Å². The summed E-state index contributed by atoms with van der Waals surface area (Å²) in [7, 11) is 1.96. The lowest BCUT2D eigenvalue weighted by Crippen LogP contribution is -2.39. The molecule has 7 heteroatoms. The Balaban J connectivity index is 0.00000312. The van der Waals surface area contributed by atoms with E-state index in [1.807, 2.05) is 11.9 Å². The lowest BCUT2D eigenvalue weighted by atomic mass is 9.93. The van der Waals surface area contributed by atoms with Crippen LogP contribution in [0.4, 0.5) is 8.78 Å². The summed E-state index contributed by atoms with van der Waals surface area (Å²) in [4.78, 5) is 14.2. The quantitative estimate of drug-likeness (QED) is 0.755. The van der Waals surface area contributed by atoms with Gasteiger partial charge in [-0.2, -0.15) is 8.78 Å². The van der Waals surface area contributed by atoms with E-state index in [-0.39, 0.29) is 24.1 Å². The number of aryl methyl sites for hydroxylation is 1. The Labute approximate surface area is 154 Å². The number of hydrogen-bond acceptors (Lipinski definition) is 3. The van der Waals surface area contributed by atoms with E-state index in [0.29, 0.717) is 18.8 Å². The Morgan fingerprint density at radius 3 is 2.48 bits per heavy atom. The third kappa shape index (κ3) is 7.57. The van der Waals surface area contributed by atoms with E-state index in [9.17, 15) is 13.6 Å². The fourth-order valence-electron chi connectivity index (χ4n) is 3.07. The number of ether oxygens (including phenoxy) is 1. The van der Waals surface area contributed by atoms with Crippen molar-refractivity contribution >= 4 is 18.3 Å². The van der Waals surface area contributed by atoms with Gasteiger partial charge in [0.1, 0.15) is 5.75 Å². The lowest BCUT2D eigenvalue weighted by Gasteiger charge is -2.32. The molecule has 4 nitrogen and oxygen atoms in total. The van der Waals surface area contributed by atoms with Crippen molar-refractivity contribution in [2.75, 3.05) is 26.7 Å². The number of hydrogen-bond donors (Lipinski definition) is 1. The first-order valence-corrected chi connectivity index (χ1v) is 8.54. The van der Waals surface area contributed by atoms with Gasteiger partial charge >= 0.3 is 6.61 Å². The van der Waals surface area contributed by atoms with Gasteiger partial charge in [0.15, 0.2) is 0 Å². The summed E-state index contributed by atoms with van der Waals surface area (Å²) in [6, 6.07) is 6.49. The second-order valence-electron chi connectivity index (χ2n) is 6.24. The zero-order valence-electron chi connectivity index (χ0n) is 14.5. The van der Waals surface area contributed by atoms with Gasteiger partial charge in [0, 0.05) is 19.5 Å². The maximum Gasteiger partial charge on any atom is 0.387 e. The van der Waals surface area contributed by atoms with Gasteiger partial charge in [-0.05, 0) is 62.9 Å². The number of amides is 1. The molecule has 0 saturated carbocycles. The predicted molar refractivity (Wildman–Crippen MR) is 96.5 cm³/mol. The Morgan fingerprint density at radius 2 is 1.92 bits per heavy atom. The molecule has 0 atom stereocenters. The number of carbonyl (C=O) groups excluding carboxylic acids is 1. The number of piperidine rings is 1. The molecule has 25 heavy (non-hydrogen) atoms. The van der Waals surface area contributed by atoms with Crippen LogP contribution >= 0.6 is 12.4 Å². The number of likely N-dealkylation sites (tertiary alicyclic amines) is 1. The van der Waals surface area contributed by atoms with Crippen LogP contribution in [0.15, 0.2) is 24.3 Å². The van der Waals surface area contributed by atoms with E-state index in [0.717, 1.165) is 38.0 Å². The minimum absolute atomic E-state index is 0. The van der Waals surface area contributed by atoms with Gasteiger partial charge in [0.25, 0.3) is 0 Å². The Hall–Kier alpha value is -1.40. The van der Waals surface area contributed by atoms with E-state index in [1.54, 1.807) is 12.1 Å². The molecule has 1 aliphatic heterocycles. The summed E-state index contributed by atoms with van der Waals surface area (Å²) in [6.07, 6.45) is 4.40. The fourth-order valence-corrected chi connectivity index (χ4v) is 3.07. The highest BCUT2D eigenvalue weighted by atomic mass is 35.5. The van der Waals surface area contributed by atoms with E-state index in [1.165, 1.54) is 18.6 Å². The summed E-state index contributed by atoms with van der Waals surface area (Å²) < 4.78 is 28.5. The zero-order chi connectivity index (χ0) is 17.4. The van der Waals surface area contributed by atoms with Crippen molar-refractivity contribution in [2.24, 2.45) is 5.92 Å². The van der Waals surface area contributed by atoms with Gasteiger partial charge in [-0.25, -0.2) is 0 Å². The summed E-state index contributed by atoms with van der Waals surface area (Å²) in [6.45, 7) is -0.0967. The summed E-state index contributed by atoms with van der Waals surface area (Å²) in [5.41, 5.74) is 0.953. The molecule has 1 aromatic carbocycles. The molecule has 0 aliphatic carbocycles. The minimum atomic E-state index is -2.81. The van der Waals surface area contributed by atoms with Gasteiger partial charge in [-0.15, -0.1) is 12.4 Å². The summed E-state index contributed by atoms with van der Waals surface area (Å²) in [5, 5.41) is 3.17. The number of rotatable bonds is 8. The molecule has 1 amide bonds. The molecule has 2 rings (SSSR count). The van der Waals surface area contributed by atoms with Crippen LogP contribution in [0.3, 0.4) is 0 Å². The van der Waals surface area contributed by atoms with Crippen molar-refractivity contribution in [1.29, 1.82) is 0 Å². The van der Waals surface area contributed by atoms with E-state index >= 15 is 0 Å². The molecule has 142 valence electrons. The first kappa shape index (κ1) is 21.6. The average molecular weight is 377 g/mol. The van der Waals surface area contributed by atoms with Crippen LogP contribution in [0.25, 0.3) is 0 Å². The van der Waals surface area contributed by atoms with Gasteiger partial charge in [-0.1, -0.05) is 12.1 Å². The molecular weight excluding hydrogens is 350 g/mol. The van der Waals surface area contributed by atoms with Crippen LogP contribution in [0.2, 0.25) is 0 Å². The lowest BCUT2D eigenvalue weighted by molar-refractivity contribution is -0.132. The van der Waals surface area contributed by atoms with Crippen molar-refractivity contribution in [2.45, 2.75) is 38.7 Å². The number of carbonyl (C=O) groups is 1. The highest BCUT2D eigenvalue weighted by Crippen LogP contribution is 2.21. The van der Waals surface area contributed by atoms with Crippen LogP contribution in [0.5, 0.6) is 5.75 Å². The predicted octanol–water partition coefficient (Wildman–Crippen LogP) is 3.49. The van der Waals surface area contributed by atoms with E-state index in [2.05, 4.69) is 10.1 Å². The SMILES string of the molecule is CNCCC1CCN(C(=O)CCc2ccc(OC(F)F)cc2)CC1.Cl. The molecule has 1 aliphatic rings. The molecule has 0 radical (unpaired) electrons. The molecule has 0 aromatic heterocycles. The normalized spacial score (nSPS) is 15.1. The van der Waals surface area contributed by atoms with Crippen LogP contribution in [-0.2, 0) is 11.2 Å². The molecule has 0 spiro atoms. The first-order valence-electron chi connectivity index (χ1n) is 8.54. The number of halogens is 3. The average Bonchev–Trinajstić information content (AvgIpc) is 2.59. The largest absolute Gasteiger partial charge is 0.435 e. The fraction of sp³-hybridized carbons (Fsp3) is 0.611. The number of benzene rings is 1. The molecule has 1 heterocycles. The number of nitrogens with one attached hydrogen (secondary N) is 1. The third-order valence-electron chi connectivity index (χ3n) is 4.55. The van der Waals surface area contributed by atoms with Gasteiger partial charge < -0.3 is 15.0 Å².